The van der Waals surface area contributed by atoms with Gasteiger partial charge in [0.15, 0.2) is 0 Å². The van der Waals surface area contributed by atoms with Crippen molar-refractivity contribution in [2.45, 2.75) is 52.0 Å². The minimum absolute atomic E-state index is 0.645. The Morgan fingerprint density at radius 3 is 2.75 bits per heavy atom. The summed E-state index contributed by atoms with van der Waals surface area (Å²) >= 11 is 0. The quantitative estimate of drug-likeness (QED) is 0.772. The van der Waals surface area contributed by atoms with Crippen LogP contribution in [0.2, 0.25) is 0 Å². The first-order valence-corrected chi connectivity index (χ1v) is 7.91. The largest absolute Gasteiger partial charge is 0.314 e. The van der Waals surface area contributed by atoms with Crippen molar-refractivity contribution in [2.75, 3.05) is 6.54 Å². The van der Waals surface area contributed by atoms with Crippen LogP contribution in [0.3, 0.4) is 0 Å². The molecule has 2 heteroatoms. The van der Waals surface area contributed by atoms with Crippen LogP contribution in [-0.2, 0) is 6.42 Å². The molecule has 2 aromatic rings. The van der Waals surface area contributed by atoms with Gasteiger partial charge in [0.1, 0.15) is 0 Å². The first kappa shape index (κ1) is 15.0. The highest BCUT2D eigenvalue weighted by Gasteiger charge is 2.08. The Bertz CT molecular complexity index is 516. The van der Waals surface area contributed by atoms with E-state index in [1.54, 1.807) is 0 Å². The normalized spacial score (nSPS) is 12.7. The number of nitrogens with one attached hydrogen (secondary N) is 1. The standard InChI is InChI=1S/C18H26N2/c1-3-7-16(19-13-4-2)12-11-15-8-5-10-18-17(15)9-6-14-20-18/h5-6,8-10,14,16,19H,3-4,7,11-13H2,1-2H3. The summed E-state index contributed by atoms with van der Waals surface area (Å²) in [5, 5.41) is 4.98. The second-order valence-corrected chi connectivity index (χ2v) is 5.47. The Balaban J connectivity index is 2.03. The highest BCUT2D eigenvalue weighted by Crippen LogP contribution is 2.19. The third kappa shape index (κ3) is 4.04. The molecule has 0 aliphatic carbocycles. The van der Waals surface area contributed by atoms with Crippen LogP contribution >= 0.6 is 0 Å². The number of fused-ring (bicyclic) bond motifs is 1. The van der Waals surface area contributed by atoms with Crippen LogP contribution in [0.5, 0.6) is 0 Å². The monoisotopic (exact) mass is 270 g/mol. The summed E-state index contributed by atoms with van der Waals surface area (Å²) in [6, 6.07) is 11.3. The van der Waals surface area contributed by atoms with Crippen molar-refractivity contribution in [1.29, 1.82) is 0 Å². The predicted molar refractivity (Wildman–Crippen MR) is 87.1 cm³/mol. The van der Waals surface area contributed by atoms with E-state index in [4.69, 9.17) is 0 Å². The van der Waals surface area contributed by atoms with Gasteiger partial charge in [0.2, 0.25) is 0 Å². The molecular weight excluding hydrogens is 244 g/mol. The first-order valence-electron chi connectivity index (χ1n) is 7.91. The van der Waals surface area contributed by atoms with E-state index in [0.717, 1.165) is 18.5 Å². The van der Waals surface area contributed by atoms with Gasteiger partial charge in [-0.1, -0.05) is 38.5 Å². The number of pyridine rings is 1. The van der Waals surface area contributed by atoms with Crippen LogP contribution in [0.4, 0.5) is 0 Å². The number of nitrogens with zero attached hydrogens (tertiary/aromatic N) is 1. The van der Waals surface area contributed by atoms with Crippen LogP contribution in [0.25, 0.3) is 10.9 Å². The van der Waals surface area contributed by atoms with E-state index in [2.05, 4.69) is 48.4 Å². The molecule has 0 fully saturated rings. The Labute approximate surface area is 122 Å². The molecule has 20 heavy (non-hydrogen) atoms. The molecule has 0 saturated carbocycles. The van der Waals surface area contributed by atoms with Gasteiger partial charge in [0.05, 0.1) is 5.52 Å². The van der Waals surface area contributed by atoms with Crippen molar-refractivity contribution < 1.29 is 0 Å². The van der Waals surface area contributed by atoms with E-state index in [1.807, 2.05) is 12.3 Å². The lowest BCUT2D eigenvalue weighted by atomic mass is 9.99. The second-order valence-electron chi connectivity index (χ2n) is 5.47. The summed E-state index contributed by atoms with van der Waals surface area (Å²) < 4.78 is 0. The molecule has 2 nitrogen and oxygen atoms in total. The van der Waals surface area contributed by atoms with Gasteiger partial charge in [0, 0.05) is 17.6 Å². The van der Waals surface area contributed by atoms with E-state index in [-0.39, 0.29) is 0 Å². The molecule has 1 atom stereocenters. The average Bonchev–Trinajstić information content (AvgIpc) is 2.50. The zero-order valence-corrected chi connectivity index (χ0v) is 12.7. The fourth-order valence-corrected chi connectivity index (χ4v) is 2.76. The molecule has 0 bridgehead atoms. The highest BCUT2D eigenvalue weighted by atomic mass is 14.9. The van der Waals surface area contributed by atoms with Crippen LogP contribution in [0.1, 0.15) is 45.1 Å². The fourth-order valence-electron chi connectivity index (χ4n) is 2.76. The van der Waals surface area contributed by atoms with Gasteiger partial charge in [0.25, 0.3) is 0 Å². The van der Waals surface area contributed by atoms with E-state index in [1.165, 1.54) is 36.6 Å². The molecule has 0 aliphatic rings. The Hall–Kier alpha value is -1.41. The molecule has 0 radical (unpaired) electrons. The van der Waals surface area contributed by atoms with Gasteiger partial charge in [-0.05, 0) is 49.9 Å². The maximum absolute atomic E-state index is 4.44. The topological polar surface area (TPSA) is 24.9 Å². The molecule has 0 spiro atoms. The molecule has 1 heterocycles. The summed E-state index contributed by atoms with van der Waals surface area (Å²) in [6.45, 7) is 5.62. The third-order valence-electron chi connectivity index (χ3n) is 3.82. The number of aryl methyl sites for hydroxylation is 1. The Kier molecular flexibility index (Phi) is 6.00. The molecule has 0 amide bonds. The number of rotatable bonds is 8. The van der Waals surface area contributed by atoms with Crippen LogP contribution in [0.15, 0.2) is 36.5 Å². The summed E-state index contributed by atoms with van der Waals surface area (Å²) in [7, 11) is 0. The zero-order chi connectivity index (χ0) is 14.2. The van der Waals surface area contributed by atoms with Gasteiger partial charge < -0.3 is 5.32 Å². The van der Waals surface area contributed by atoms with Gasteiger partial charge in [-0.2, -0.15) is 0 Å². The van der Waals surface area contributed by atoms with E-state index < -0.39 is 0 Å². The Morgan fingerprint density at radius 2 is 1.95 bits per heavy atom. The lowest BCUT2D eigenvalue weighted by Gasteiger charge is -2.18. The van der Waals surface area contributed by atoms with Crippen molar-refractivity contribution in [1.82, 2.24) is 10.3 Å². The van der Waals surface area contributed by atoms with Crippen molar-refractivity contribution in [3.05, 3.63) is 42.1 Å². The summed E-state index contributed by atoms with van der Waals surface area (Å²) in [5.41, 5.74) is 2.54. The van der Waals surface area contributed by atoms with Crippen LogP contribution in [0, 0.1) is 0 Å². The minimum atomic E-state index is 0.645. The maximum Gasteiger partial charge on any atom is 0.0704 e. The average molecular weight is 270 g/mol. The van der Waals surface area contributed by atoms with Gasteiger partial charge >= 0.3 is 0 Å². The third-order valence-corrected chi connectivity index (χ3v) is 3.82. The fraction of sp³-hybridized carbons (Fsp3) is 0.500. The number of hydrogen-bond acceptors (Lipinski definition) is 2. The van der Waals surface area contributed by atoms with E-state index in [9.17, 15) is 0 Å². The molecular formula is C18H26N2. The number of aromatic nitrogens is 1. The van der Waals surface area contributed by atoms with Crippen molar-refractivity contribution in [2.24, 2.45) is 0 Å². The molecule has 108 valence electrons. The minimum Gasteiger partial charge on any atom is -0.314 e. The van der Waals surface area contributed by atoms with Crippen molar-refractivity contribution >= 4 is 10.9 Å². The molecule has 1 aromatic heterocycles. The summed E-state index contributed by atoms with van der Waals surface area (Å²) in [4.78, 5) is 4.44. The molecule has 0 aliphatic heterocycles. The lowest BCUT2D eigenvalue weighted by Crippen LogP contribution is -2.30. The van der Waals surface area contributed by atoms with E-state index in [0.29, 0.717) is 6.04 Å². The molecule has 1 aromatic carbocycles. The van der Waals surface area contributed by atoms with Crippen LogP contribution < -0.4 is 5.32 Å². The van der Waals surface area contributed by atoms with Crippen molar-refractivity contribution in [3.63, 3.8) is 0 Å². The number of hydrogen-bond donors (Lipinski definition) is 1. The van der Waals surface area contributed by atoms with Gasteiger partial charge in [-0.15, -0.1) is 0 Å². The van der Waals surface area contributed by atoms with Gasteiger partial charge in [-0.3, -0.25) is 4.98 Å². The molecule has 2 rings (SSSR count). The summed E-state index contributed by atoms with van der Waals surface area (Å²) in [5.74, 6) is 0. The van der Waals surface area contributed by atoms with Crippen LogP contribution in [-0.4, -0.2) is 17.6 Å². The molecule has 1 N–H and O–H groups in total. The molecule has 0 saturated heterocycles. The maximum atomic E-state index is 4.44. The van der Waals surface area contributed by atoms with Crippen molar-refractivity contribution in [3.8, 4) is 0 Å². The first-order chi connectivity index (χ1) is 9.85. The zero-order valence-electron chi connectivity index (χ0n) is 12.7. The smallest absolute Gasteiger partial charge is 0.0704 e. The molecule has 1 unspecified atom stereocenters. The summed E-state index contributed by atoms with van der Waals surface area (Å²) in [6.07, 6.45) is 7.93. The Morgan fingerprint density at radius 1 is 1.05 bits per heavy atom. The lowest BCUT2D eigenvalue weighted by molar-refractivity contribution is 0.449. The predicted octanol–water partition coefficient (Wildman–Crippen LogP) is 4.34. The van der Waals surface area contributed by atoms with Gasteiger partial charge in [-0.25, -0.2) is 0 Å². The highest BCUT2D eigenvalue weighted by molar-refractivity contribution is 5.81. The SMILES string of the molecule is CCCNC(CCC)CCc1cccc2ncccc12. The van der Waals surface area contributed by atoms with E-state index >= 15 is 0 Å². The second kappa shape index (κ2) is 8.01. The number of benzene rings is 1.